The van der Waals surface area contributed by atoms with E-state index in [4.69, 9.17) is 0 Å². The molecule has 90 valence electrons. The summed E-state index contributed by atoms with van der Waals surface area (Å²) in [7, 11) is 0. The minimum absolute atomic E-state index is 0.588. The smallest absolute Gasteiger partial charge is 0.184 e. The van der Waals surface area contributed by atoms with E-state index < -0.39 is 0 Å². The second-order valence-corrected chi connectivity index (χ2v) is 4.28. The number of aromatic nitrogens is 6. The van der Waals surface area contributed by atoms with E-state index in [0.29, 0.717) is 34.0 Å². The van der Waals surface area contributed by atoms with Gasteiger partial charge in [0.25, 0.3) is 0 Å². The van der Waals surface area contributed by atoms with Gasteiger partial charge in [-0.3, -0.25) is 0 Å². The molecule has 18 heavy (non-hydrogen) atoms. The van der Waals surface area contributed by atoms with Crippen molar-refractivity contribution in [2.24, 2.45) is 0 Å². The molecule has 0 aliphatic carbocycles. The van der Waals surface area contributed by atoms with E-state index in [1.54, 1.807) is 0 Å². The van der Waals surface area contributed by atoms with Crippen molar-refractivity contribution in [3.05, 3.63) is 23.0 Å². The predicted molar refractivity (Wildman–Crippen MR) is 67.2 cm³/mol. The fraction of sp³-hybridized carbons (Fsp3) is 0.333. The quantitative estimate of drug-likeness (QED) is 0.555. The van der Waals surface area contributed by atoms with Crippen LogP contribution in [0.2, 0.25) is 0 Å². The lowest BCUT2D eigenvalue weighted by atomic mass is 10.3. The number of hydrogen-bond acceptors (Lipinski definition) is 6. The van der Waals surface area contributed by atoms with Crippen LogP contribution in [0.3, 0.4) is 0 Å². The molecule has 0 N–H and O–H groups in total. The first kappa shape index (κ1) is 10.9. The van der Waals surface area contributed by atoms with Gasteiger partial charge in [-0.25, -0.2) is 29.9 Å². The largest absolute Gasteiger partial charge is 0.237 e. The van der Waals surface area contributed by atoms with Crippen molar-refractivity contribution in [3.8, 4) is 0 Å². The van der Waals surface area contributed by atoms with Crippen molar-refractivity contribution < 1.29 is 0 Å². The SMILES string of the molecule is Cc1nc(C)c2nc3c(C)nc(C)nc3nc2n1. The first-order chi connectivity index (χ1) is 8.54. The molecule has 0 fully saturated rings. The summed E-state index contributed by atoms with van der Waals surface area (Å²) in [6.07, 6.45) is 0. The summed E-state index contributed by atoms with van der Waals surface area (Å²) in [4.78, 5) is 26.2. The molecular weight excluding hydrogens is 228 g/mol. The van der Waals surface area contributed by atoms with Crippen LogP contribution in [0, 0.1) is 27.7 Å². The van der Waals surface area contributed by atoms with Crippen LogP contribution in [0.25, 0.3) is 22.3 Å². The van der Waals surface area contributed by atoms with Crippen LogP contribution in [0.4, 0.5) is 0 Å². The molecule has 0 saturated carbocycles. The first-order valence-electron chi connectivity index (χ1n) is 5.68. The fourth-order valence-electron chi connectivity index (χ4n) is 2.01. The van der Waals surface area contributed by atoms with Gasteiger partial charge in [0.1, 0.15) is 22.7 Å². The third-order valence-corrected chi connectivity index (χ3v) is 2.74. The molecule has 0 radical (unpaired) electrons. The molecule has 3 rings (SSSR count). The van der Waals surface area contributed by atoms with Crippen molar-refractivity contribution in [1.29, 1.82) is 0 Å². The second-order valence-electron chi connectivity index (χ2n) is 4.28. The minimum atomic E-state index is 0.588. The topological polar surface area (TPSA) is 77.3 Å². The normalized spacial score (nSPS) is 11.3. The molecule has 0 bridgehead atoms. The predicted octanol–water partition coefficient (Wildman–Crippen LogP) is 1.60. The molecule has 6 nitrogen and oxygen atoms in total. The maximum Gasteiger partial charge on any atom is 0.184 e. The summed E-state index contributed by atoms with van der Waals surface area (Å²) in [6, 6.07) is 0. The highest BCUT2D eigenvalue weighted by molar-refractivity contribution is 5.84. The van der Waals surface area contributed by atoms with Crippen molar-refractivity contribution >= 4 is 22.3 Å². The van der Waals surface area contributed by atoms with Crippen LogP contribution in [0.5, 0.6) is 0 Å². The fourth-order valence-corrected chi connectivity index (χ4v) is 2.01. The van der Waals surface area contributed by atoms with Gasteiger partial charge in [-0.05, 0) is 27.7 Å². The van der Waals surface area contributed by atoms with Gasteiger partial charge in [0.05, 0.1) is 11.4 Å². The van der Waals surface area contributed by atoms with Gasteiger partial charge in [0, 0.05) is 0 Å². The van der Waals surface area contributed by atoms with Gasteiger partial charge in [0.15, 0.2) is 11.3 Å². The minimum Gasteiger partial charge on any atom is -0.237 e. The van der Waals surface area contributed by atoms with Gasteiger partial charge < -0.3 is 0 Å². The number of fused-ring (bicyclic) bond motifs is 2. The Kier molecular flexibility index (Phi) is 2.19. The van der Waals surface area contributed by atoms with E-state index in [1.807, 2.05) is 27.7 Å². The number of rotatable bonds is 0. The van der Waals surface area contributed by atoms with E-state index in [9.17, 15) is 0 Å². The summed E-state index contributed by atoms with van der Waals surface area (Å²) < 4.78 is 0. The number of hydrogen-bond donors (Lipinski definition) is 0. The van der Waals surface area contributed by atoms with Crippen molar-refractivity contribution in [3.63, 3.8) is 0 Å². The summed E-state index contributed by atoms with van der Waals surface area (Å²) >= 11 is 0. The van der Waals surface area contributed by atoms with Crippen LogP contribution in [-0.2, 0) is 0 Å². The number of nitrogens with zero attached hydrogens (tertiary/aromatic N) is 6. The third-order valence-electron chi connectivity index (χ3n) is 2.74. The molecule has 0 spiro atoms. The molecule has 0 aliphatic heterocycles. The molecule has 0 unspecified atom stereocenters. The Balaban J connectivity index is 2.51. The lowest BCUT2D eigenvalue weighted by molar-refractivity contribution is 1.00. The Morgan fingerprint density at radius 2 is 0.944 bits per heavy atom. The molecule has 3 aromatic rings. The van der Waals surface area contributed by atoms with Crippen molar-refractivity contribution in [2.45, 2.75) is 27.7 Å². The highest BCUT2D eigenvalue weighted by Gasteiger charge is 2.10. The van der Waals surface area contributed by atoms with Gasteiger partial charge in [0.2, 0.25) is 0 Å². The zero-order chi connectivity index (χ0) is 12.9. The van der Waals surface area contributed by atoms with Crippen LogP contribution in [0.15, 0.2) is 0 Å². The molecule has 6 heteroatoms. The van der Waals surface area contributed by atoms with Crippen molar-refractivity contribution in [1.82, 2.24) is 29.9 Å². The van der Waals surface area contributed by atoms with Gasteiger partial charge in [-0.15, -0.1) is 0 Å². The summed E-state index contributed by atoms with van der Waals surface area (Å²) in [5.74, 6) is 1.38. The zero-order valence-electron chi connectivity index (χ0n) is 10.7. The van der Waals surface area contributed by atoms with Gasteiger partial charge in [-0.1, -0.05) is 0 Å². The van der Waals surface area contributed by atoms with Gasteiger partial charge in [-0.2, -0.15) is 0 Å². The second kappa shape index (κ2) is 3.63. The molecule has 0 atom stereocenters. The molecule has 0 aromatic carbocycles. The van der Waals surface area contributed by atoms with Crippen molar-refractivity contribution in [2.75, 3.05) is 0 Å². The number of aryl methyl sites for hydroxylation is 4. The maximum absolute atomic E-state index is 4.55. The highest BCUT2D eigenvalue weighted by Crippen LogP contribution is 2.17. The lowest BCUT2D eigenvalue weighted by Crippen LogP contribution is -2.02. The van der Waals surface area contributed by atoms with E-state index in [0.717, 1.165) is 11.4 Å². The van der Waals surface area contributed by atoms with Crippen LogP contribution >= 0.6 is 0 Å². The maximum atomic E-state index is 4.55. The lowest BCUT2D eigenvalue weighted by Gasteiger charge is -2.05. The Labute approximate surface area is 104 Å². The van der Waals surface area contributed by atoms with Crippen LogP contribution < -0.4 is 0 Å². The monoisotopic (exact) mass is 240 g/mol. The van der Waals surface area contributed by atoms with E-state index in [-0.39, 0.29) is 0 Å². The molecular formula is C12H12N6. The third kappa shape index (κ3) is 1.57. The summed E-state index contributed by atoms with van der Waals surface area (Å²) in [5, 5.41) is 0. The Hall–Kier alpha value is -2.24. The molecule has 0 saturated heterocycles. The van der Waals surface area contributed by atoms with Gasteiger partial charge >= 0.3 is 0 Å². The zero-order valence-corrected chi connectivity index (χ0v) is 10.7. The van der Waals surface area contributed by atoms with E-state index in [1.165, 1.54) is 0 Å². The molecule has 3 aromatic heterocycles. The highest BCUT2D eigenvalue weighted by atomic mass is 15.0. The Morgan fingerprint density at radius 3 is 1.39 bits per heavy atom. The standard InChI is InChI=1S/C12H12N6/c1-5-9-11(15-7(3)13-5)18-12-10(17-9)6(2)14-8(4)16-12/h1-4H3. The van der Waals surface area contributed by atoms with Crippen LogP contribution in [0.1, 0.15) is 23.0 Å². The average molecular weight is 240 g/mol. The average Bonchev–Trinajstić information content (AvgIpc) is 2.26. The van der Waals surface area contributed by atoms with E-state index in [2.05, 4.69) is 29.9 Å². The molecule has 0 aliphatic rings. The molecule has 3 heterocycles. The summed E-state index contributed by atoms with van der Waals surface area (Å²) in [5.41, 5.74) is 4.25. The van der Waals surface area contributed by atoms with E-state index >= 15 is 0 Å². The Bertz CT molecular complexity index is 717. The summed E-state index contributed by atoms with van der Waals surface area (Å²) in [6.45, 7) is 7.49. The Morgan fingerprint density at radius 1 is 0.500 bits per heavy atom. The first-order valence-corrected chi connectivity index (χ1v) is 5.68. The molecule has 0 amide bonds. The van der Waals surface area contributed by atoms with Crippen LogP contribution in [-0.4, -0.2) is 29.9 Å².